The molecule has 0 spiro atoms. The lowest BCUT2D eigenvalue weighted by Crippen LogP contribution is -2.30. The van der Waals surface area contributed by atoms with Gasteiger partial charge in [0, 0.05) is 0 Å². The van der Waals surface area contributed by atoms with E-state index in [9.17, 15) is 8.78 Å². The summed E-state index contributed by atoms with van der Waals surface area (Å²) in [6, 6.07) is 0. The highest BCUT2D eigenvalue weighted by atomic mass is 19.3. The van der Waals surface area contributed by atoms with E-state index in [2.05, 4.69) is 0 Å². The lowest BCUT2D eigenvalue weighted by atomic mass is 10.2. The number of aliphatic hydroxyl groups is 1. The highest BCUT2D eigenvalue weighted by Gasteiger charge is 2.20. The molecule has 0 saturated heterocycles. The lowest BCUT2D eigenvalue weighted by Gasteiger charge is -2.21. The van der Waals surface area contributed by atoms with E-state index in [1.807, 2.05) is 0 Å². The highest BCUT2D eigenvalue weighted by molar-refractivity contribution is 4.62. The Hall–Kier alpha value is -0.220. The number of hydrogen-bond acceptors (Lipinski definition) is 2. The van der Waals surface area contributed by atoms with Crippen LogP contribution in [0.5, 0.6) is 0 Å². The molecule has 1 unspecified atom stereocenters. The molecule has 4 heteroatoms. The van der Waals surface area contributed by atoms with E-state index in [1.165, 1.54) is 0 Å². The molecule has 68 valence electrons. The van der Waals surface area contributed by atoms with Crippen molar-refractivity contribution in [1.29, 1.82) is 0 Å². The summed E-state index contributed by atoms with van der Waals surface area (Å²) in [5.74, 6) is 0. The Morgan fingerprint density at radius 3 is 2.09 bits per heavy atom. The highest BCUT2D eigenvalue weighted by Crippen LogP contribution is 2.09. The Morgan fingerprint density at radius 2 is 1.82 bits per heavy atom. The normalized spacial score (nSPS) is 15.5. The molecule has 0 fully saturated rings. The van der Waals surface area contributed by atoms with E-state index in [0.717, 1.165) is 0 Å². The van der Waals surface area contributed by atoms with Crippen molar-refractivity contribution < 1.29 is 18.6 Å². The van der Waals surface area contributed by atoms with Crippen LogP contribution < -0.4 is 0 Å². The van der Waals surface area contributed by atoms with Gasteiger partial charge in [0.05, 0.1) is 12.2 Å². The van der Waals surface area contributed by atoms with E-state index in [1.54, 1.807) is 20.8 Å². The summed E-state index contributed by atoms with van der Waals surface area (Å²) in [6.07, 6.45) is -4.40. The number of rotatable bonds is 3. The van der Waals surface area contributed by atoms with Crippen LogP contribution >= 0.6 is 0 Å². The minimum absolute atomic E-state index is 0.318. The molecule has 0 saturated carbocycles. The zero-order chi connectivity index (χ0) is 9.07. The smallest absolute Gasteiger partial charge is 0.266 e. The molecule has 0 amide bonds. The van der Waals surface area contributed by atoms with Gasteiger partial charge in [0.15, 0.2) is 0 Å². The number of ether oxygens (including phenoxy) is 1. The van der Waals surface area contributed by atoms with Crippen LogP contribution in [0.4, 0.5) is 8.78 Å². The standard InChI is InChI=1S/C7H14F2O2/c1-7(2,3)11-4-5(10)6(8)9/h5-6,10H,4H2,1-3H3. The van der Waals surface area contributed by atoms with Crippen molar-refractivity contribution in [3.05, 3.63) is 0 Å². The van der Waals surface area contributed by atoms with E-state index in [4.69, 9.17) is 9.84 Å². The third-order valence-corrected chi connectivity index (χ3v) is 0.978. The molecule has 0 rings (SSSR count). The Kier molecular flexibility index (Phi) is 3.89. The molecule has 0 aliphatic heterocycles. The predicted molar refractivity (Wildman–Crippen MR) is 37.7 cm³/mol. The van der Waals surface area contributed by atoms with Crippen LogP contribution in [-0.4, -0.2) is 29.8 Å². The first-order valence-electron chi connectivity index (χ1n) is 3.43. The van der Waals surface area contributed by atoms with Crippen LogP contribution in [0.25, 0.3) is 0 Å². The van der Waals surface area contributed by atoms with Crippen LogP contribution in [-0.2, 0) is 4.74 Å². The first kappa shape index (κ1) is 10.8. The molecule has 11 heavy (non-hydrogen) atoms. The first-order chi connectivity index (χ1) is 4.83. The predicted octanol–water partition coefficient (Wildman–Crippen LogP) is 1.43. The van der Waals surface area contributed by atoms with Crippen LogP contribution in [0.15, 0.2) is 0 Å². The number of alkyl halides is 2. The van der Waals surface area contributed by atoms with Crippen LogP contribution in [0.2, 0.25) is 0 Å². The molecule has 2 nitrogen and oxygen atoms in total. The molecule has 0 bridgehead atoms. The van der Waals surface area contributed by atoms with Gasteiger partial charge in [-0.2, -0.15) is 0 Å². The molecule has 0 aromatic rings. The summed E-state index contributed by atoms with van der Waals surface area (Å²) in [7, 11) is 0. The van der Waals surface area contributed by atoms with Gasteiger partial charge in [0.1, 0.15) is 6.10 Å². The summed E-state index contributed by atoms with van der Waals surface area (Å²) in [5, 5.41) is 8.61. The molecule has 0 radical (unpaired) electrons. The summed E-state index contributed by atoms with van der Waals surface area (Å²) in [6.45, 7) is 4.91. The van der Waals surface area contributed by atoms with Crippen molar-refractivity contribution in [2.45, 2.75) is 38.9 Å². The molecule has 0 aromatic heterocycles. The maximum Gasteiger partial charge on any atom is 0.266 e. The van der Waals surface area contributed by atoms with Crippen LogP contribution in [0.3, 0.4) is 0 Å². The zero-order valence-electron chi connectivity index (χ0n) is 6.97. The summed E-state index contributed by atoms with van der Waals surface area (Å²) >= 11 is 0. The largest absolute Gasteiger partial charge is 0.385 e. The average Bonchev–Trinajstić information content (AvgIpc) is 1.80. The fraction of sp³-hybridized carbons (Fsp3) is 1.00. The molecular formula is C7H14F2O2. The first-order valence-corrected chi connectivity index (χ1v) is 3.43. The second kappa shape index (κ2) is 3.97. The van der Waals surface area contributed by atoms with E-state index in [-0.39, 0.29) is 6.61 Å². The van der Waals surface area contributed by atoms with E-state index in [0.29, 0.717) is 0 Å². The van der Waals surface area contributed by atoms with Gasteiger partial charge < -0.3 is 9.84 Å². The van der Waals surface area contributed by atoms with Crippen molar-refractivity contribution in [2.75, 3.05) is 6.61 Å². The van der Waals surface area contributed by atoms with Gasteiger partial charge in [-0.1, -0.05) is 0 Å². The van der Waals surface area contributed by atoms with Crippen LogP contribution in [0, 0.1) is 0 Å². The zero-order valence-corrected chi connectivity index (χ0v) is 6.97. The maximum atomic E-state index is 11.7. The molecule has 0 aliphatic carbocycles. The summed E-state index contributed by atoms with van der Waals surface area (Å²) in [4.78, 5) is 0. The quantitative estimate of drug-likeness (QED) is 0.690. The Bertz CT molecular complexity index is 109. The fourth-order valence-electron chi connectivity index (χ4n) is 0.408. The molecule has 0 heterocycles. The van der Waals surface area contributed by atoms with Gasteiger partial charge in [-0.25, -0.2) is 8.78 Å². The lowest BCUT2D eigenvalue weighted by molar-refractivity contribution is -0.0949. The third kappa shape index (κ3) is 6.19. The third-order valence-electron chi connectivity index (χ3n) is 0.978. The summed E-state index contributed by atoms with van der Waals surface area (Å²) in [5.41, 5.74) is -0.476. The fourth-order valence-corrected chi connectivity index (χ4v) is 0.408. The second-order valence-electron chi connectivity index (χ2n) is 3.33. The Balaban J connectivity index is 3.54. The molecule has 0 aliphatic rings. The molecule has 0 aromatic carbocycles. The second-order valence-corrected chi connectivity index (χ2v) is 3.33. The van der Waals surface area contributed by atoms with Crippen molar-refractivity contribution >= 4 is 0 Å². The molecule has 1 atom stereocenters. The van der Waals surface area contributed by atoms with Crippen molar-refractivity contribution in [3.8, 4) is 0 Å². The monoisotopic (exact) mass is 168 g/mol. The Morgan fingerprint density at radius 1 is 1.36 bits per heavy atom. The van der Waals surface area contributed by atoms with Crippen molar-refractivity contribution in [1.82, 2.24) is 0 Å². The van der Waals surface area contributed by atoms with Gasteiger partial charge in [0.2, 0.25) is 0 Å². The topological polar surface area (TPSA) is 29.5 Å². The van der Waals surface area contributed by atoms with Gasteiger partial charge in [-0.05, 0) is 20.8 Å². The minimum atomic E-state index is -2.72. The van der Waals surface area contributed by atoms with Gasteiger partial charge in [-0.15, -0.1) is 0 Å². The van der Waals surface area contributed by atoms with Gasteiger partial charge in [0.25, 0.3) is 6.43 Å². The Labute approximate surface area is 65.2 Å². The number of aliphatic hydroxyl groups excluding tert-OH is 1. The van der Waals surface area contributed by atoms with Gasteiger partial charge >= 0.3 is 0 Å². The maximum absolute atomic E-state index is 11.7. The van der Waals surface area contributed by atoms with Gasteiger partial charge in [-0.3, -0.25) is 0 Å². The SMILES string of the molecule is CC(C)(C)OCC(O)C(F)F. The van der Waals surface area contributed by atoms with E-state index < -0.39 is 18.1 Å². The van der Waals surface area contributed by atoms with Crippen molar-refractivity contribution in [3.63, 3.8) is 0 Å². The van der Waals surface area contributed by atoms with E-state index >= 15 is 0 Å². The summed E-state index contributed by atoms with van der Waals surface area (Å²) < 4.78 is 28.3. The van der Waals surface area contributed by atoms with Crippen molar-refractivity contribution in [2.24, 2.45) is 0 Å². The number of halogens is 2. The van der Waals surface area contributed by atoms with Crippen LogP contribution in [0.1, 0.15) is 20.8 Å². The molecule has 1 N–H and O–H groups in total. The minimum Gasteiger partial charge on any atom is -0.385 e. The number of hydrogen-bond donors (Lipinski definition) is 1. The molecular weight excluding hydrogens is 154 g/mol. The average molecular weight is 168 g/mol.